The Labute approximate surface area is 126 Å². The van der Waals surface area contributed by atoms with Crippen molar-refractivity contribution in [1.82, 2.24) is 15.2 Å². The van der Waals surface area contributed by atoms with Crippen molar-refractivity contribution in [1.29, 1.82) is 0 Å². The van der Waals surface area contributed by atoms with Gasteiger partial charge in [0.25, 0.3) is 0 Å². The molecule has 1 aromatic heterocycles. The second kappa shape index (κ2) is 7.02. The summed E-state index contributed by atoms with van der Waals surface area (Å²) in [4.78, 5) is 7.08. The van der Waals surface area contributed by atoms with Crippen LogP contribution in [0.4, 0.5) is 0 Å². The summed E-state index contributed by atoms with van der Waals surface area (Å²) in [6.07, 6.45) is 4.38. The maximum absolute atomic E-state index is 4.54. The largest absolute Gasteiger partial charge is 0.317 e. The first-order valence-electron chi connectivity index (χ1n) is 7.09. The summed E-state index contributed by atoms with van der Waals surface area (Å²) in [6.45, 7) is 3.37. The van der Waals surface area contributed by atoms with Crippen molar-refractivity contribution < 1.29 is 0 Å². The number of nitrogens with one attached hydrogen (secondary N) is 1. The molecule has 108 valence electrons. The van der Waals surface area contributed by atoms with Crippen LogP contribution >= 0.6 is 12.4 Å². The highest BCUT2D eigenvalue weighted by Crippen LogP contribution is 2.19. The van der Waals surface area contributed by atoms with Gasteiger partial charge in [0.05, 0.1) is 5.52 Å². The van der Waals surface area contributed by atoms with Crippen molar-refractivity contribution in [2.45, 2.75) is 25.4 Å². The van der Waals surface area contributed by atoms with E-state index in [-0.39, 0.29) is 12.4 Å². The van der Waals surface area contributed by atoms with Crippen LogP contribution in [0.5, 0.6) is 0 Å². The van der Waals surface area contributed by atoms with E-state index < -0.39 is 0 Å². The van der Waals surface area contributed by atoms with Crippen LogP contribution < -0.4 is 5.32 Å². The van der Waals surface area contributed by atoms with Crippen LogP contribution in [-0.4, -0.2) is 36.1 Å². The molecule has 3 rings (SSSR count). The smallest absolute Gasteiger partial charge is 0.0746 e. The summed E-state index contributed by atoms with van der Waals surface area (Å²) in [7, 11) is 2.06. The standard InChI is InChI=1S/C16H21N3.ClH/c1-17-15-7-10-19(11-8-15)12-14-5-2-4-13-6-3-9-18-16(13)14;/h2-6,9,15,17H,7-8,10-12H2,1H3;1H. The zero-order chi connectivity index (χ0) is 13.1. The predicted octanol–water partition coefficient (Wildman–Crippen LogP) is 2.84. The average molecular weight is 292 g/mol. The summed E-state index contributed by atoms with van der Waals surface area (Å²) in [5.41, 5.74) is 2.50. The van der Waals surface area contributed by atoms with E-state index in [9.17, 15) is 0 Å². The minimum atomic E-state index is 0. The van der Waals surface area contributed by atoms with E-state index in [0.29, 0.717) is 6.04 Å². The van der Waals surface area contributed by atoms with Crippen molar-refractivity contribution in [3.63, 3.8) is 0 Å². The third-order valence-corrected chi connectivity index (χ3v) is 4.11. The number of likely N-dealkylation sites (tertiary alicyclic amines) is 1. The molecule has 4 heteroatoms. The van der Waals surface area contributed by atoms with E-state index in [1.54, 1.807) is 0 Å². The number of hydrogen-bond donors (Lipinski definition) is 1. The van der Waals surface area contributed by atoms with Crippen LogP contribution in [-0.2, 0) is 6.54 Å². The summed E-state index contributed by atoms with van der Waals surface area (Å²) < 4.78 is 0. The monoisotopic (exact) mass is 291 g/mol. The number of para-hydroxylation sites is 1. The van der Waals surface area contributed by atoms with Crippen LogP contribution in [0.2, 0.25) is 0 Å². The van der Waals surface area contributed by atoms with Crippen molar-refractivity contribution in [2.24, 2.45) is 0 Å². The first kappa shape index (κ1) is 15.2. The predicted molar refractivity (Wildman–Crippen MR) is 86.3 cm³/mol. The molecule has 1 N–H and O–H groups in total. The number of piperidine rings is 1. The second-order valence-electron chi connectivity index (χ2n) is 5.33. The van der Waals surface area contributed by atoms with E-state index in [1.807, 2.05) is 12.3 Å². The third-order valence-electron chi connectivity index (χ3n) is 4.11. The molecule has 3 nitrogen and oxygen atoms in total. The first-order valence-corrected chi connectivity index (χ1v) is 7.09. The quantitative estimate of drug-likeness (QED) is 0.942. The Hall–Kier alpha value is -1.16. The Balaban J connectivity index is 0.00000147. The number of rotatable bonds is 3. The van der Waals surface area contributed by atoms with Crippen LogP contribution in [0.25, 0.3) is 10.9 Å². The SMILES string of the molecule is CNC1CCN(Cc2cccc3cccnc23)CC1.Cl. The molecule has 1 aliphatic rings. The van der Waals surface area contributed by atoms with Crippen LogP contribution in [0.15, 0.2) is 36.5 Å². The topological polar surface area (TPSA) is 28.2 Å². The number of benzene rings is 1. The van der Waals surface area contributed by atoms with Gasteiger partial charge < -0.3 is 5.32 Å². The van der Waals surface area contributed by atoms with Gasteiger partial charge in [0.15, 0.2) is 0 Å². The molecule has 0 unspecified atom stereocenters. The van der Waals surface area contributed by atoms with E-state index >= 15 is 0 Å². The molecule has 20 heavy (non-hydrogen) atoms. The number of aromatic nitrogens is 1. The maximum Gasteiger partial charge on any atom is 0.0746 e. The summed E-state index contributed by atoms with van der Waals surface area (Å²) in [6, 6.07) is 11.3. The fourth-order valence-corrected chi connectivity index (χ4v) is 2.92. The maximum atomic E-state index is 4.54. The van der Waals surface area contributed by atoms with E-state index in [4.69, 9.17) is 0 Å². The molecule has 0 atom stereocenters. The van der Waals surface area contributed by atoms with Gasteiger partial charge in [-0.05, 0) is 44.6 Å². The van der Waals surface area contributed by atoms with Gasteiger partial charge in [-0.2, -0.15) is 0 Å². The summed E-state index contributed by atoms with van der Waals surface area (Å²) in [5, 5.41) is 4.62. The molecule has 0 amide bonds. The average Bonchev–Trinajstić information content (AvgIpc) is 2.48. The first-order chi connectivity index (χ1) is 9.36. The molecule has 0 aliphatic carbocycles. The molecule has 1 aliphatic heterocycles. The number of nitrogens with zero attached hydrogens (tertiary/aromatic N) is 2. The molecular formula is C16H22ClN3. The lowest BCUT2D eigenvalue weighted by atomic mass is 10.0. The highest BCUT2D eigenvalue weighted by Gasteiger charge is 2.18. The molecule has 2 aromatic rings. The highest BCUT2D eigenvalue weighted by atomic mass is 35.5. The second-order valence-corrected chi connectivity index (χ2v) is 5.33. The minimum Gasteiger partial charge on any atom is -0.317 e. The van der Waals surface area contributed by atoms with Crippen molar-refractivity contribution >= 4 is 23.3 Å². The molecule has 0 bridgehead atoms. The molecule has 0 radical (unpaired) electrons. The number of pyridine rings is 1. The molecule has 1 aromatic carbocycles. The molecule has 0 saturated carbocycles. The van der Waals surface area contributed by atoms with Crippen LogP contribution in [0.3, 0.4) is 0 Å². The molecule has 0 spiro atoms. The molecule has 1 saturated heterocycles. The lowest BCUT2D eigenvalue weighted by molar-refractivity contribution is 0.195. The minimum absolute atomic E-state index is 0. The Morgan fingerprint density at radius 1 is 1.20 bits per heavy atom. The van der Waals surface area contributed by atoms with Gasteiger partial charge in [-0.1, -0.05) is 24.3 Å². The van der Waals surface area contributed by atoms with Crippen molar-refractivity contribution in [3.05, 3.63) is 42.1 Å². The summed E-state index contributed by atoms with van der Waals surface area (Å²) >= 11 is 0. The molecular weight excluding hydrogens is 270 g/mol. The number of halogens is 1. The van der Waals surface area contributed by atoms with Crippen molar-refractivity contribution in [3.8, 4) is 0 Å². The lowest BCUT2D eigenvalue weighted by Gasteiger charge is -2.31. The van der Waals surface area contributed by atoms with Gasteiger partial charge in [-0.25, -0.2) is 0 Å². The lowest BCUT2D eigenvalue weighted by Crippen LogP contribution is -2.40. The van der Waals surface area contributed by atoms with Gasteiger partial charge >= 0.3 is 0 Å². The zero-order valence-corrected chi connectivity index (χ0v) is 12.7. The molecule has 1 fully saturated rings. The van der Waals surface area contributed by atoms with Gasteiger partial charge in [-0.15, -0.1) is 12.4 Å². The van der Waals surface area contributed by atoms with E-state index in [2.05, 4.69) is 46.5 Å². The van der Waals surface area contributed by atoms with Gasteiger partial charge in [0.1, 0.15) is 0 Å². The van der Waals surface area contributed by atoms with Gasteiger partial charge in [0.2, 0.25) is 0 Å². The van der Waals surface area contributed by atoms with E-state index in [0.717, 1.165) is 12.1 Å². The fourth-order valence-electron chi connectivity index (χ4n) is 2.92. The van der Waals surface area contributed by atoms with E-state index in [1.165, 1.54) is 36.9 Å². The zero-order valence-electron chi connectivity index (χ0n) is 11.9. The number of fused-ring (bicyclic) bond motifs is 1. The van der Waals surface area contributed by atoms with Gasteiger partial charge in [-0.3, -0.25) is 9.88 Å². The fraction of sp³-hybridized carbons (Fsp3) is 0.438. The Morgan fingerprint density at radius 3 is 2.70 bits per heavy atom. The normalized spacial score (nSPS) is 17.1. The van der Waals surface area contributed by atoms with Crippen molar-refractivity contribution in [2.75, 3.05) is 20.1 Å². The van der Waals surface area contributed by atoms with Crippen LogP contribution in [0, 0.1) is 0 Å². The Morgan fingerprint density at radius 2 is 1.95 bits per heavy atom. The Kier molecular flexibility index (Phi) is 5.35. The summed E-state index contributed by atoms with van der Waals surface area (Å²) in [5.74, 6) is 0. The molecule has 2 heterocycles. The third kappa shape index (κ3) is 3.29. The Bertz CT molecular complexity index is 545. The number of hydrogen-bond acceptors (Lipinski definition) is 3. The van der Waals surface area contributed by atoms with Gasteiger partial charge in [0, 0.05) is 24.2 Å². The highest BCUT2D eigenvalue weighted by molar-refractivity contribution is 5.85. The van der Waals surface area contributed by atoms with Crippen LogP contribution in [0.1, 0.15) is 18.4 Å².